The topological polar surface area (TPSA) is 49.8 Å². The zero-order valence-corrected chi connectivity index (χ0v) is 14.2. The first kappa shape index (κ1) is 15.6. The van der Waals surface area contributed by atoms with Crippen molar-refractivity contribution in [2.45, 2.75) is 6.92 Å². The summed E-state index contributed by atoms with van der Waals surface area (Å²) >= 11 is 6.81. The molecule has 0 radical (unpaired) electrons. The summed E-state index contributed by atoms with van der Waals surface area (Å²) in [5, 5.41) is 9.84. The molecule has 116 valence electrons. The van der Waals surface area contributed by atoms with E-state index >= 15 is 0 Å². The molecule has 6 heteroatoms. The summed E-state index contributed by atoms with van der Waals surface area (Å²) in [6.45, 7) is 2.81. The van der Waals surface area contributed by atoms with Crippen LogP contribution in [0.5, 0.6) is 0 Å². The fraction of sp³-hybridized carbons (Fsp3) is 0.118. The molecule has 3 aromatic rings. The van der Waals surface area contributed by atoms with Crippen LogP contribution in [0.2, 0.25) is 0 Å². The van der Waals surface area contributed by atoms with E-state index in [4.69, 9.17) is 12.2 Å². The van der Waals surface area contributed by atoms with E-state index in [2.05, 4.69) is 20.6 Å². The fourth-order valence-corrected chi connectivity index (χ4v) is 3.17. The van der Waals surface area contributed by atoms with Crippen LogP contribution in [0.4, 0.5) is 5.69 Å². The van der Waals surface area contributed by atoms with Crippen molar-refractivity contribution >= 4 is 34.4 Å². The molecular formula is C17H16N4S2. The Balaban J connectivity index is 1.82. The molecule has 0 bridgehead atoms. The average Bonchev–Trinajstić information content (AvgIpc) is 3.06. The van der Waals surface area contributed by atoms with Gasteiger partial charge in [-0.3, -0.25) is 4.98 Å². The molecule has 1 aromatic carbocycles. The number of aromatic nitrogens is 2. The molecule has 0 amide bonds. The van der Waals surface area contributed by atoms with Gasteiger partial charge < -0.3 is 10.6 Å². The molecule has 0 fully saturated rings. The monoisotopic (exact) mass is 340 g/mol. The van der Waals surface area contributed by atoms with Crippen molar-refractivity contribution in [1.29, 1.82) is 0 Å². The smallest absolute Gasteiger partial charge is 0.170 e. The van der Waals surface area contributed by atoms with Gasteiger partial charge in [-0.05, 0) is 43.4 Å². The largest absolute Gasteiger partial charge is 0.363 e. The Labute approximate surface area is 144 Å². The normalized spacial score (nSPS) is 10.3. The van der Waals surface area contributed by atoms with Crippen molar-refractivity contribution in [3.8, 4) is 22.0 Å². The third kappa shape index (κ3) is 3.91. The SMILES string of the molecule is CCNC(=S)Nc1cccc(-c2csc(-c3ccccn3)n2)c1. The van der Waals surface area contributed by atoms with Crippen molar-refractivity contribution in [3.05, 3.63) is 54.0 Å². The molecule has 0 atom stereocenters. The van der Waals surface area contributed by atoms with Crippen LogP contribution < -0.4 is 10.6 Å². The summed E-state index contributed by atoms with van der Waals surface area (Å²) in [4.78, 5) is 9.03. The van der Waals surface area contributed by atoms with Gasteiger partial charge in [0.15, 0.2) is 5.11 Å². The molecule has 0 aliphatic carbocycles. The Kier molecular flexibility index (Phi) is 4.95. The molecule has 4 nitrogen and oxygen atoms in total. The molecule has 0 aliphatic heterocycles. The van der Waals surface area contributed by atoms with Gasteiger partial charge in [-0.1, -0.05) is 18.2 Å². The number of hydrogen-bond donors (Lipinski definition) is 2. The lowest BCUT2D eigenvalue weighted by molar-refractivity contribution is 0.979. The summed E-state index contributed by atoms with van der Waals surface area (Å²) in [5.74, 6) is 0. The molecule has 2 N–H and O–H groups in total. The molecule has 23 heavy (non-hydrogen) atoms. The first-order chi connectivity index (χ1) is 11.3. The lowest BCUT2D eigenvalue weighted by Crippen LogP contribution is -2.27. The minimum absolute atomic E-state index is 0.622. The highest BCUT2D eigenvalue weighted by atomic mass is 32.1. The highest BCUT2D eigenvalue weighted by Gasteiger charge is 2.08. The Morgan fingerprint density at radius 1 is 1.17 bits per heavy atom. The van der Waals surface area contributed by atoms with Gasteiger partial charge in [0.2, 0.25) is 0 Å². The number of hydrogen-bond acceptors (Lipinski definition) is 4. The van der Waals surface area contributed by atoms with Gasteiger partial charge in [0, 0.05) is 29.4 Å². The van der Waals surface area contributed by atoms with E-state index in [0.29, 0.717) is 5.11 Å². The number of benzene rings is 1. The zero-order chi connectivity index (χ0) is 16.1. The standard InChI is InChI=1S/C17H16N4S2/c1-2-18-17(22)20-13-7-5-6-12(10-13)15-11-23-16(21-15)14-8-3-4-9-19-14/h3-11H,2H2,1H3,(H2,18,20,22). The van der Waals surface area contributed by atoms with E-state index in [-0.39, 0.29) is 0 Å². The van der Waals surface area contributed by atoms with Crippen LogP contribution in [0.15, 0.2) is 54.0 Å². The van der Waals surface area contributed by atoms with Crippen molar-refractivity contribution in [1.82, 2.24) is 15.3 Å². The van der Waals surface area contributed by atoms with E-state index in [1.807, 2.05) is 54.8 Å². The number of nitrogens with zero attached hydrogens (tertiary/aromatic N) is 2. The first-order valence-corrected chi connectivity index (χ1v) is 8.57. The zero-order valence-electron chi connectivity index (χ0n) is 12.6. The predicted molar refractivity (Wildman–Crippen MR) is 101 cm³/mol. The van der Waals surface area contributed by atoms with Crippen LogP contribution in [0.3, 0.4) is 0 Å². The van der Waals surface area contributed by atoms with Crippen LogP contribution in [0, 0.1) is 0 Å². The second-order valence-corrected chi connectivity index (χ2v) is 6.08. The molecule has 0 saturated heterocycles. The lowest BCUT2D eigenvalue weighted by atomic mass is 10.1. The molecule has 0 saturated carbocycles. The molecule has 0 spiro atoms. The average molecular weight is 340 g/mol. The number of thiazole rings is 1. The fourth-order valence-electron chi connectivity index (χ4n) is 2.11. The highest BCUT2D eigenvalue weighted by Crippen LogP contribution is 2.28. The Morgan fingerprint density at radius 3 is 2.87 bits per heavy atom. The summed E-state index contributed by atoms with van der Waals surface area (Å²) in [6.07, 6.45) is 1.78. The van der Waals surface area contributed by atoms with Crippen LogP contribution in [0.1, 0.15) is 6.92 Å². The maximum Gasteiger partial charge on any atom is 0.170 e. The first-order valence-electron chi connectivity index (χ1n) is 7.28. The van der Waals surface area contributed by atoms with E-state index in [1.54, 1.807) is 17.5 Å². The van der Waals surface area contributed by atoms with Gasteiger partial charge in [0.1, 0.15) is 5.01 Å². The number of thiocarbonyl (C=S) groups is 1. The second kappa shape index (κ2) is 7.30. The van der Waals surface area contributed by atoms with Crippen LogP contribution in [-0.2, 0) is 0 Å². The van der Waals surface area contributed by atoms with E-state index in [0.717, 1.165) is 34.2 Å². The Morgan fingerprint density at radius 2 is 2.09 bits per heavy atom. The maximum absolute atomic E-state index is 5.22. The molecule has 0 unspecified atom stereocenters. The van der Waals surface area contributed by atoms with Gasteiger partial charge in [-0.2, -0.15) is 0 Å². The molecule has 0 aliphatic rings. The molecule has 2 heterocycles. The van der Waals surface area contributed by atoms with Crippen LogP contribution in [-0.4, -0.2) is 21.6 Å². The van der Waals surface area contributed by atoms with Crippen molar-refractivity contribution in [2.75, 3.05) is 11.9 Å². The van der Waals surface area contributed by atoms with Gasteiger partial charge in [0.25, 0.3) is 0 Å². The number of pyridine rings is 1. The number of anilines is 1. The predicted octanol–water partition coefficient (Wildman–Crippen LogP) is 4.18. The van der Waals surface area contributed by atoms with Crippen molar-refractivity contribution in [2.24, 2.45) is 0 Å². The third-order valence-corrected chi connectivity index (χ3v) is 4.25. The third-order valence-electron chi connectivity index (χ3n) is 3.14. The quantitative estimate of drug-likeness (QED) is 0.698. The minimum atomic E-state index is 0.622. The van der Waals surface area contributed by atoms with Crippen LogP contribution >= 0.6 is 23.6 Å². The summed E-state index contributed by atoms with van der Waals surface area (Å²) in [6, 6.07) is 13.9. The summed E-state index contributed by atoms with van der Waals surface area (Å²) in [7, 11) is 0. The van der Waals surface area contributed by atoms with E-state index in [9.17, 15) is 0 Å². The van der Waals surface area contributed by atoms with E-state index in [1.165, 1.54) is 0 Å². The van der Waals surface area contributed by atoms with Crippen molar-refractivity contribution < 1.29 is 0 Å². The number of rotatable bonds is 4. The van der Waals surface area contributed by atoms with Gasteiger partial charge in [0.05, 0.1) is 11.4 Å². The minimum Gasteiger partial charge on any atom is -0.363 e. The molecule has 3 rings (SSSR count). The maximum atomic E-state index is 5.22. The van der Waals surface area contributed by atoms with Crippen molar-refractivity contribution in [3.63, 3.8) is 0 Å². The Bertz CT molecular complexity index is 799. The summed E-state index contributed by atoms with van der Waals surface area (Å²) < 4.78 is 0. The molecule has 2 aromatic heterocycles. The summed E-state index contributed by atoms with van der Waals surface area (Å²) in [5.41, 5.74) is 3.83. The van der Waals surface area contributed by atoms with Gasteiger partial charge in [-0.15, -0.1) is 11.3 Å². The highest BCUT2D eigenvalue weighted by molar-refractivity contribution is 7.80. The second-order valence-electron chi connectivity index (χ2n) is 4.82. The van der Waals surface area contributed by atoms with Crippen LogP contribution in [0.25, 0.3) is 22.0 Å². The lowest BCUT2D eigenvalue weighted by Gasteiger charge is -2.09. The van der Waals surface area contributed by atoms with E-state index < -0.39 is 0 Å². The van der Waals surface area contributed by atoms with Gasteiger partial charge >= 0.3 is 0 Å². The molecular weight excluding hydrogens is 324 g/mol. The Hall–Kier alpha value is -2.31. The van der Waals surface area contributed by atoms with Gasteiger partial charge in [-0.25, -0.2) is 4.98 Å². The number of nitrogens with one attached hydrogen (secondary N) is 2.